The van der Waals surface area contributed by atoms with E-state index >= 15 is 0 Å². The van der Waals surface area contributed by atoms with Crippen molar-refractivity contribution in [3.8, 4) is 0 Å². The molecule has 0 aromatic carbocycles. The lowest BCUT2D eigenvalue weighted by Gasteiger charge is -2.22. The van der Waals surface area contributed by atoms with Gasteiger partial charge >= 0.3 is 6.16 Å². The smallest absolute Gasteiger partial charge is 0.450 e. The highest BCUT2D eigenvalue weighted by atomic mass is 35.6. The molecule has 0 heterocycles. The van der Waals surface area contributed by atoms with Gasteiger partial charge in [-0.3, -0.25) is 0 Å². The molecule has 3 nitrogen and oxygen atoms in total. The summed E-state index contributed by atoms with van der Waals surface area (Å²) >= 11 is 16.8. The van der Waals surface area contributed by atoms with Crippen LogP contribution in [0.1, 0.15) is 39.0 Å². The SMILES string of the molecule is CCCCCCC(OC(=O)O)C(Cl)(Cl)Cl. The summed E-state index contributed by atoms with van der Waals surface area (Å²) in [5.41, 5.74) is 0. The Labute approximate surface area is 105 Å². The highest BCUT2D eigenvalue weighted by Crippen LogP contribution is 2.35. The van der Waals surface area contributed by atoms with E-state index in [-0.39, 0.29) is 0 Å². The molecule has 6 heteroatoms. The van der Waals surface area contributed by atoms with Gasteiger partial charge in [-0.05, 0) is 12.8 Å². The van der Waals surface area contributed by atoms with Crippen LogP contribution in [0.2, 0.25) is 0 Å². The first-order chi connectivity index (χ1) is 6.88. The molecule has 1 unspecified atom stereocenters. The molecular weight excluding hydrogens is 262 g/mol. The Hall–Kier alpha value is 0.140. The van der Waals surface area contributed by atoms with Gasteiger partial charge in [-0.15, -0.1) is 0 Å². The molecular formula is C9H15Cl3O3. The highest BCUT2D eigenvalue weighted by Gasteiger charge is 2.35. The summed E-state index contributed by atoms with van der Waals surface area (Å²) in [7, 11) is 0. The number of carboxylic acid groups (broad SMARTS) is 1. The van der Waals surface area contributed by atoms with Gasteiger partial charge in [0.2, 0.25) is 3.79 Å². The summed E-state index contributed by atoms with van der Waals surface area (Å²) in [6, 6.07) is 0. The van der Waals surface area contributed by atoms with E-state index < -0.39 is 16.1 Å². The quantitative estimate of drug-likeness (QED) is 0.445. The summed E-state index contributed by atoms with van der Waals surface area (Å²) in [6.07, 6.45) is 2.08. The number of rotatable bonds is 6. The van der Waals surface area contributed by atoms with Crippen LogP contribution in [0.3, 0.4) is 0 Å². The molecule has 0 radical (unpaired) electrons. The van der Waals surface area contributed by atoms with Gasteiger partial charge in [-0.25, -0.2) is 4.79 Å². The van der Waals surface area contributed by atoms with Gasteiger partial charge in [0.15, 0.2) is 6.10 Å². The topological polar surface area (TPSA) is 46.5 Å². The molecule has 90 valence electrons. The third-order valence-corrected chi connectivity index (χ3v) is 2.66. The second-order valence-electron chi connectivity index (χ2n) is 3.26. The normalized spacial score (nSPS) is 13.6. The van der Waals surface area contributed by atoms with Crippen molar-refractivity contribution in [1.82, 2.24) is 0 Å². The van der Waals surface area contributed by atoms with E-state index in [2.05, 4.69) is 11.7 Å². The second-order valence-corrected chi connectivity index (χ2v) is 5.63. The molecule has 0 saturated heterocycles. The first kappa shape index (κ1) is 15.1. The van der Waals surface area contributed by atoms with Crippen LogP contribution in [0, 0.1) is 0 Å². The lowest BCUT2D eigenvalue weighted by molar-refractivity contribution is 0.0486. The zero-order valence-electron chi connectivity index (χ0n) is 8.51. The average Bonchev–Trinajstić information content (AvgIpc) is 2.08. The molecule has 0 bridgehead atoms. The number of ether oxygens (including phenoxy) is 1. The predicted octanol–water partition coefficient (Wildman–Crippen LogP) is 4.39. The van der Waals surface area contributed by atoms with E-state index in [1.807, 2.05) is 0 Å². The van der Waals surface area contributed by atoms with Crippen LogP contribution >= 0.6 is 34.8 Å². The highest BCUT2D eigenvalue weighted by molar-refractivity contribution is 6.68. The minimum absolute atomic E-state index is 0.433. The molecule has 1 N–H and O–H groups in total. The zero-order valence-corrected chi connectivity index (χ0v) is 10.8. The Balaban J connectivity index is 3.97. The summed E-state index contributed by atoms with van der Waals surface area (Å²) < 4.78 is 2.83. The Bertz CT molecular complexity index is 192. The summed E-state index contributed by atoms with van der Waals surface area (Å²) in [6.45, 7) is 2.08. The molecule has 0 aromatic rings. The van der Waals surface area contributed by atoms with E-state index in [0.717, 1.165) is 25.7 Å². The number of unbranched alkanes of at least 4 members (excludes halogenated alkanes) is 3. The van der Waals surface area contributed by atoms with Crippen LogP contribution in [0.25, 0.3) is 0 Å². The Morgan fingerprint density at radius 3 is 2.33 bits per heavy atom. The minimum Gasteiger partial charge on any atom is -0.450 e. The van der Waals surface area contributed by atoms with E-state index in [0.29, 0.717) is 6.42 Å². The van der Waals surface area contributed by atoms with Gasteiger partial charge in [-0.2, -0.15) is 0 Å². The standard InChI is InChI=1S/C9H15Cl3O3/c1-2-3-4-5-6-7(9(10,11)12)15-8(13)14/h7H,2-6H2,1H3,(H,13,14). The van der Waals surface area contributed by atoms with Crippen LogP contribution < -0.4 is 0 Å². The molecule has 0 aliphatic heterocycles. The van der Waals surface area contributed by atoms with Crippen molar-refractivity contribution < 1.29 is 14.6 Å². The molecule has 0 amide bonds. The van der Waals surface area contributed by atoms with Crippen molar-refractivity contribution in [2.45, 2.75) is 48.9 Å². The Morgan fingerprint density at radius 1 is 1.33 bits per heavy atom. The first-order valence-corrected chi connectivity index (χ1v) is 5.97. The molecule has 0 aliphatic carbocycles. The number of alkyl halides is 3. The largest absolute Gasteiger partial charge is 0.506 e. The van der Waals surface area contributed by atoms with E-state index in [9.17, 15) is 4.79 Å². The molecule has 1 atom stereocenters. The van der Waals surface area contributed by atoms with Gasteiger partial charge in [0.05, 0.1) is 0 Å². The van der Waals surface area contributed by atoms with E-state index in [1.54, 1.807) is 0 Å². The molecule has 0 spiro atoms. The summed E-state index contributed by atoms with van der Waals surface area (Å²) in [5.74, 6) is 0. The monoisotopic (exact) mass is 276 g/mol. The summed E-state index contributed by atoms with van der Waals surface area (Å²) in [5, 5.41) is 8.45. The molecule has 0 rings (SSSR count). The molecule has 0 fully saturated rings. The third kappa shape index (κ3) is 8.00. The maximum atomic E-state index is 10.3. The van der Waals surface area contributed by atoms with Gasteiger partial charge in [0, 0.05) is 0 Å². The minimum atomic E-state index is -1.69. The fourth-order valence-electron chi connectivity index (χ4n) is 1.17. The summed E-state index contributed by atoms with van der Waals surface area (Å²) in [4.78, 5) is 10.3. The van der Waals surface area contributed by atoms with Gasteiger partial charge < -0.3 is 9.84 Å². The second kappa shape index (κ2) is 7.42. The van der Waals surface area contributed by atoms with Crippen LogP contribution in [0.4, 0.5) is 4.79 Å². The predicted molar refractivity (Wildman–Crippen MR) is 61.9 cm³/mol. The van der Waals surface area contributed by atoms with Gasteiger partial charge in [-0.1, -0.05) is 61.0 Å². The van der Waals surface area contributed by atoms with Crippen LogP contribution in [0.5, 0.6) is 0 Å². The maximum absolute atomic E-state index is 10.3. The van der Waals surface area contributed by atoms with Crippen molar-refractivity contribution in [2.24, 2.45) is 0 Å². The first-order valence-electron chi connectivity index (χ1n) is 4.84. The van der Waals surface area contributed by atoms with Crippen LogP contribution in [0.15, 0.2) is 0 Å². The third-order valence-electron chi connectivity index (χ3n) is 1.93. The lowest BCUT2D eigenvalue weighted by Crippen LogP contribution is -2.30. The number of hydrogen-bond donors (Lipinski definition) is 1. The Morgan fingerprint density at radius 2 is 1.93 bits per heavy atom. The number of hydrogen-bond acceptors (Lipinski definition) is 2. The molecule has 0 aromatic heterocycles. The molecule has 15 heavy (non-hydrogen) atoms. The maximum Gasteiger partial charge on any atom is 0.506 e. The van der Waals surface area contributed by atoms with Crippen molar-refractivity contribution in [2.75, 3.05) is 0 Å². The number of carbonyl (C=O) groups is 1. The van der Waals surface area contributed by atoms with Gasteiger partial charge in [0.1, 0.15) is 0 Å². The fourth-order valence-corrected chi connectivity index (χ4v) is 1.63. The van der Waals surface area contributed by atoms with Crippen LogP contribution in [-0.2, 0) is 4.74 Å². The zero-order chi connectivity index (χ0) is 11.9. The van der Waals surface area contributed by atoms with E-state index in [1.165, 1.54) is 0 Å². The molecule has 0 aliphatic rings. The van der Waals surface area contributed by atoms with Crippen molar-refractivity contribution >= 4 is 41.0 Å². The van der Waals surface area contributed by atoms with Crippen molar-refractivity contribution in [3.05, 3.63) is 0 Å². The average molecular weight is 278 g/mol. The van der Waals surface area contributed by atoms with Crippen LogP contribution in [-0.4, -0.2) is 21.2 Å². The molecule has 0 saturated carbocycles. The van der Waals surface area contributed by atoms with Crippen molar-refractivity contribution in [1.29, 1.82) is 0 Å². The van der Waals surface area contributed by atoms with E-state index in [4.69, 9.17) is 39.9 Å². The Kier molecular flexibility index (Phi) is 7.49. The van der Waals surface area contributed by atoms with Crippen molar-refractivity contribution in [3.63, 3.8) is 0 Å². The number of halogens is 3. The lowest BCUT2D eigenvalue weighted by atomic mass is 10.1. The van der Waals surface area contributed by atoms with Gasteiger partial charge in [0.25, 0.3) is 0 Å². The fraction of sp³-hybridized carbons (Fsp3) is 0.889.